The largest absolute Gasteiger partial charge is 0.486 e. The fourth-order valence-electron chi connectivity index (χ4n) is 3.64. The molecular weight excluding hydrogens is 496 g/mol. The number of thiophene rings is 1. The number of rotatable bonds is 9. The van der Waals surface area contributed by atoms with Crippen LogP contribution in [0.4, 0.5) is 5.00 Å². The Morgan fingerprint density at radius 1 is 1.08 bits per heavy atom. The predicted octanol–water partition coefficient (Wildman–Crippen LogP) is 5.26. The molecule has 0 saturated carbocycles. The molecule has 0 aliphatic rings. The number of anilines is 1. The molecule has 186 valence electrons. The second-order valence-electron chi connectivity index (χ2n) is 8.12. The Hall–Kier alpha value is -3.63. The Balaban J connectivity index is 1.39. The zero-order valence-corrected chi connectivity index (χ0v) is 22.0. The van der Waals surface area contributed by atoms with E-state index >= 15 is 0 Å². The van der Waals surface area contributed by atoms with Crippen LogP contribution in [0.3, 0.4) is 0 Å². The monoisotopic (exact) mass is 522 g/mol. The van der Waals surface area contributed by atoms with E-state index in [9.17, 15) is 9.59 Å². The molecule has 2 aromatic heterocycles. The molecule has 1 amide bonds. The predicted molar refractivity (Wildman–Crippen MR) is 142 cm³/mol. The molecule has 4 rings (SSSR count). The van der Waals surface area contributed by atoms with Gasteiger partial charge in [-0.1, -0.05) is 48.2 Å². The molecule has 1 N–H and O–H groups in total. The van der Waals surface area contributed by atoms with E-state index in [-0.39, 0.29) is 18.3 Å². The molecule has 10 heteroatoms. The molecule has 0 unspecified atom stereocenters. The molecule has 2 aromatic carbocycles. The van der Waals surface area contributed by atoms with Crippen molar-refractivity contribution in [1.82, 2.24) is 14.8 Å². The van der Waals surface area contributed by atoms with Crippen LogP contribution in [-0.4, -0.2) is 39.5 Å². The second kappa shape index (κ2) is 11.4. The number of methoxy groups -OCH3 is 1. The molecule has 0 fully saturated rings. The van der Waals surface area contributed by atoms with E-state index < -0.39 is 5.97 Å². The minimum atomic E-state index is -0.500. The van der Waals surface area contributed by atoms with Gasteiger partial charge < -0.3 is 19.4 Å². The molecular formula is C26H26N4O4S2. The van der Waals surface area contributed by atoms with E-state index in [0.29, 0.717) is 21.5 Å². The number of hydrogen-bond donors (Lipinski definition) is 1. The number of hydrogen-bond acceptors (Lipinski definition) is 8. The van der Waals surface area contributed by atoms with Gasteiger partial charge in [0.05, 0.1) is 12.9 Å². The van der Waals surface area contributed by atoms with Crippen LogP contribution in [0.1, 0.15) is 27.3 Å². The van der Waals surface area contributed by atoms with Gasteiger partial charge in [0.2, 0.25) is 5.91 Å². The highest BCUT2D eigenvalue weighted by molar-refractivity contribution is 7.99. The Morgan fingerprint density at radius 3 is 2.50 bits per heavy atom. The molecule has 0 saturated heterocycles. The SMILES string of the molecule is COC(=O)c1c(-c2ccccc2)csc1NC(=O)CSc1nnc(COc2cc(C)cc(C)c2)n1C. The summed E-state index contributed by atoms with van der Waals surface area (Å²) in [5, 5.41) is 14.1. The van der Waals surface area contributed by atoms with Crippen molar-refractivity contribution in [1.29, 1.82) is 0 Å². The van der Waals surface area contributed by atoms with Crippen LogP contribution in [0.25, 0.3) is 11.1 Å². The highest BCUT2D eigenvalue weighted by Gasteiger charge is 2.22. The van der Waals surface area contributed by atoms with Crippen molar-refractivity contribution in [3.8, 4) is 16.9 Å². The lowest BCUT2D eigenvalue weighted by Gasteiger charge is -2.09. The van der Waals surface area contributed by atoms with E-state index in [1.54, 1.807) is 4.57 Å². The quantitative estimate of drug-likeness (QED) is 0.237. The number of benzene rings is 2. The topological polar surface area (TPSA) is 95.3 Å². The number of nitrogens with zero attached hydrogens (tertiary/aromatic N) is 3. The summed E-state index contributed by atoms with van der Waals surface area (Å²) in [6, 6.07) is 15.5. The maximum atomic E-state index is 12.7. The number of thioether (sulfide) groups is 1. The van der Waals surface area contributed by atoms with E-state index in [4.69, 9.17) is 9.47 Å². The van der Waals surface area contributed by atoms with Gasteiger partial charge in [0.1, 0.15) is 22.9 Å². The summed E-state index contributed by atoms with van der Waals surface area (Å²) in [4.78, 5) is 25.2. The fourth-order valence-corrected chi connectivity index (χ4v) is 5.34. The number of nitrogens with one attached hydrogen (secondary N) is 1. The maximum Gasteiger partial charge on any atom is 0.341 e. The van der Waals surface area contributed by atoms with Gasteiger partial charge in [0.15, 0.2) is 11.0 Å². The molecule has 8 nitrogen and oxygen atoms in total. The summed E-state index contributed by atoms with van der Waals surface area (Å²) in [5.74, 6) is 0.762. The number of aromatic nitrogens is 3. The van der Waals surface area contributed by atoms with E-state index in [1.807, 2.05) is 68.7 Å². The van der Waals surface area contributed by atoms with Gasteiger partial charge in [-0.25, -0.2) is 4.79 Å². The standard InChI is InChI=1S/C26H26N4O4S2/c1-16-10-17(2)12-19(11-16)34-13-21-28-29-26(30(21)3)36-15-22(31)27-24-23(25(32)33-4)20(14-35-24)18-8-6-5-7-9-18/h5-12,14H,13,15H2,1-4H3,(H,27,31). The lowest BCUT2D eigenvalue weighted by atomic mass is 10.0. The number of carbonyl (C=O) groups excluding carboxylic acids is 2. The van der Waals surface area contributed by atoms with Crippen molar-refractivity contribution >= 4 is 40.0 Å². The summed E-state index contributed by atoms with van der Waals surface area (Å²) in [6.07, 6.45) is 0. The second-order valence-corrected chi connectivity index (χ2v) is 9.94. The first-order valence-corrected chi connectivity index (χ1v) is 13.0. The van der Waals surface area contributed by atoms with Crippen molar-refractivity contribution in [3.63, 3.8) is 0 Å². The van der Waals surface area contributed by atoms with Gasteiger partial charge in [0, 0.05) is 18.0 Å². The molecule has 0 bridgehead atoms. The van der Waals surface area contributed by atoms with Gasteiger partial charge in [-0.15, -0.1) is 21.5 Å². The minimum Gasteiger partial charge on any atom is -0.486 e. The first kappa shape index (κ1) is 25.5. The first-order chi connectivity index (χ1) is 17.4. The highest BCUT2D eigenvalue weighted by Crippen LogP contribution is 2.36. The summed E-state index contributed by atoms with van der Waals surface area (Å²) >= 11 is 2.54. The summed E-state index contributed by atoms with van der Waals surface area (Å²) in [5.41, 5.74) is 4.19. The molecule has 0 radical (unpaired) electrons. The molecule has 36 heavy (non-hydrogen) atoms. The van der Waals surface area contributed by atoms with Crippen molar-refractivity contribution in [2.24, 2.45) is 7.05 Å². The van der Waals surface area contributed by atoms with Crippen LogP contribution in [0.5, 0.6) is 5.75 Å². The zero-order chi connectivity index (χ0) is 25.7. The summed E-state index contributed by atoms with van der Waals surface area (Å²) in [7, 11) is 3.16. The first-order valence-electron chi connectivity index (χ1n) is 11.1. The van der Waals surface area contributed by atoms with Crippen LogP contribution in [0.2, 0.25) is 0 Å². The summed E-state index contributed by atoms with van der Waals surface area (Å²) < 4.78 is 12.7. The minimum absolute atomic E-state index is 0.100. The van der Waals surface area contributed by atoms with E-state index in [1.165, 1.54) is 30.2 Å². The Labute approximate surface area is 217 Å². The van der Waals surface area contributed by atoms with Gasteiger partial charge in [-0.05, 0) is 42.7 Å². The van der Waals surface area contributed by atoms with Crippen molar-refractivity contribution < 1.29 is 19.1 Å². The molecule has 0 aliphatic carbocycles. The van der Waals surface area contributed by atoms with Crippen LogP contribution in [0.15, 0.2) is 59.1 Å². The lowest BCUT2D eigenvalue weighted by molar-refractivity contribution is -0.113. The molecule has 0 atom stereocenters. The Bertz CT molecular complexity index is 1360. The molecule has 0 spiro atoms. The van der Waals surface area contributed by atoms with Crippen LogP contribution >= 0.6 is 23.1 Å². The number of amides is 1. The normalized spacial score (nSPS) is 10.8. The summed E-state index contributed by atoms with van der Waals surface area (Å²) in [6.45, 7) is 4.31. The smallest absolute Gasteiger partial charge is 0.341 e. The van der Waals surface area contributed by atoms with E-state index in [2.05, 4.69) is 21.6 Å². The number of carbonyl (C=O) groups is 2. The average Bonchev–Trinajstić information content (AvgIpc) is 3.44. The average molecular weight is 523 g/mol. The number of aryl methyl sites for hydroxylation is 2. The number of esters is 1. The zero-order valence-electron chi connectivity index (χ0n) is 20.4. The Morgan fingerprint density at radius 2 is 1.81 bits per heavy atom. The van der Waals surface area contributed by atoms with Gasteiger partial charge in [0.25, 0.3) is 0 Å². The third kappa shape index (κ3) is 5.95. The van der Waals surface area contributed by atoms with Crippen molar-refractivity contribution in [3.05, 3.63) is 76.4 Å². The fraction of sp³-hybridized carbons (Fsp3) is 0.231. The van der Waals surface area contributed by atoms with Crippen molar-refractivity contribution in [2.75, 3.05) is 18.2 Å². The third-order valence-corrected chi connectivity index (χ3v) is 7.25. The molecule has 0 aliphatic heterocycles. The van der Waals surface area contributed by atoms with Gasteiger partial charge in [-0.2, -0.15) is 0 Å². The lowest BCUT2D eigenvalue weighted by Crippen LogP contribution is -2.16. The third-order valence-electron chi connectivity index (χ3n) is 5.34. The van der Waals surface area contributed by atoms with Crippen LogP contribution < -0.4 is 10.1 Å². The van der Waals surface area contributed by atoms with Gasteiger partial charge in [-0.3, -0.25) is 4.79 Å². The van der Waals surface area contributed by atoms with Crippen LogP contribution in [-0.2, 0) is 23.2 Å². The van der Waals surface area contributed by atoms with E-state index in [0.717, 1.165) is 28.0 Å². The molecule has 2 heterocycles. The number of ether oxygens (including phenoxy) is 2. The van der Waals surface area contributed by atoms with Crippen LogP contribution in [0, 0.1) is 13.8 Å². The Kier molecular flexibility index (Phi) is 8.07. The molecule has 4 aromatic rings. The van der Waals surface area contributed by atoms with Crippen molar-refractivity contribution in [2.45, 2.75) is 25.6 Å². The van der Waals surface area contributed by atoms with Gasteiger partial charge >= 0.3 is 5.97 Å². The maximum absolute atomic E-state index is 12.7. The highest BCUT2D eigenvalue weighted by atomic mass is 32.2.